The van der Waals surface area contributed by atoms with Crippen LogP contribution in [0.2, 0.25) is 0 Å². The molecule has 0 fully saturated rings. The van der Waals surface area contributed by atoms with Gasteiger partial charge in [-0.3, -0.25) is 0 Å². The molecule has 0 atom stereocenters. The first-order chi connectivity index (χ1) is 4.47. The lowest BCUT2D eigenvalue weighted by atomic mass is 10.5. The van der Waals surface area contributed by atoms with Crippen LogP contribution in [0.25, 0.3) is 10.3 Å². The molecule has 0 aliphatic carbocycles. The molecule has 0 N–H and O–H groups in total. The molecule has 0 spiro atoms. The maximum Gasteiger partial charge on any atom is 0.166 e. The fraction of sp³-hybridized carbons (Fsp3) is 0. The van der Waals surface area contributed by atoms with Gasteiger partial charge in [0.05, 0.1) is 11.7 Å². The lowest BCUT2D eigenvalue weighted by molar-refractivity contribution is 1.08. The highest BCUT2D eigenvalue weighted by atomic mass is 32.1. The molecule has 9 heavy (non-hydrogen) atoms. The zero-order chi connectivity index (χ0) is 6.10. The van der Waals surface area contributed by atoms with Crippen LogP contribution in [0, 0.1) is 6.07 Å². The standard InChI is InChI=1S/C5H2N3S/c1-2-7-8-5-4(1)6-3-9-5/h2-3H. The van der Waals surface area contributed by atoms with Crippen molar-refractivity contribution >= 4 is 21.7 Å². The third-order valence-electron chi connectivity index (χ3n) is 0.956. The third kappa shape index (κ3) is 0.675. The molecule has 2 heterocycles. The van der Waals surface area contributed by atoms with Gasteiger partial charge in [-0.05, 0) is 0 Å². The molecule has 0 amide bonds. The Morgan fingerprint density at radius 1 is 1.56 bits per heavy atom. The van der Waals surface area contributed by atoms with Gasteiger partial charge in [0.25, 0.3) is 0 Å². The second-order valence-corrected chi connectivity index (χ2v) is 2.33. The molecule has 4 heteroatoms. The van der Waals surface area contributed by atoms with E-state index in [4.69, 9.17) is 0 Å². The molecule has 0 aliphatic heterocycles. The minimum Gasteiger partial charge on any atom is -0.242 e. The van der Waals surface area contributed by atoms with E-state index in [1.165, 1.54) is 17.5 Å². The van der Waals surface area contributed by atoms with E-state index in [0.29, 0.717) is 0 Å². The second kappa shape index (κ2) is 1.73. The van der Waals surface area contributed by atoms with Crippen LogP contribution in [0.5, 0.6) is 0 Å². The van der Waals surface area contributed by atoms with E-state index in [1.54, 1.807) is 5.51 Å². The molecule has 0 saturated carbocycles. The van der Waals surface area contributed by atoms with Crippen LogP contribution in [0.1, 0.15) is 0 Å². The number of thiazole rings is 1. The van der Waals surface area contributed by atoms with Gasteiger partial charge in [0.2, 0.25) is 0 Å². The lowest BCUT2D eigenvalue weighted by Gasteiger charge is -1.77. The first-order valence-electron chi connectivity index (χ1n) is 2.39. The van der Waals surface area contributed by atoms with Crippen LogP contribution in [0.3, 0.4) is 0 Å². The van der Waals surface area contributed by atoms with Crippen molar-refractivity contribution in [1.29, 1.82) is 0 Å². The third-order valence-corrected chi connectivity index (χ3v) is 1.67. The summed E-state index contributed by atoms with van der Waals surface area (Å²) in [4.78, 5) is 4.82. The Balaban J connectivity index is 2.95. The highest BCUT2D eigenvalue weighted by Crippen LogP contribution is 2.10. The number of hydrogen-bond acceptors (Lipinski definition) is 4. The van der Waals surface area contributed by atoms with Gasteiger partial charge in [-0.2, -0.15) is 5.10 Å². The fourth-order valence-corrected chi connectivity index (χ4v) is 1.16. The molecule has 0 unspecified atom stereocenters. The average molecular weight is 136 g/mol. The van der Waals surface area contributed by atoms with Crippen LogP contribution in [0.4, 0.5) is 0 Å². The quantitative estimate of drug-likeness (QED) is 0.539. The van der Waals surface area contributed by atoms with E-state index < -0.39 is 0 Å². The van der Waals surface area contributed by atoms with Gasteiger partial charge in [0, 0.05) is 6.07 Å². The Labute approximate surface area is 55.4 Å². The Morgan fingerprint density at radius 2 is 2.56 bits per heavy atom. The van der Waals surface area contributed by atoms with Crippen molar-refractivity contribution in [2.45, 2.75) is 0 Å². The van der Waals surface area contributed by atoms with Crippen LogP contribution in [-0.4, -0.2) is 15.2 Å². The molecule has 0 aliphatic rings. The van der Waals surface area contributed by atoms with Crippen molar-refractivity contribution < 1.29 is 0 Å². The smallest absolute Gasteiger partial charge is 0.166 e. The SMILES string of the molecule is [c]1cnnc2scnc12. The van der Waals surface area contributed by atoms with Gasteiger partial charge >= 0.3 is 0 Å². The minimum atomic E-state index is 0.801. The summed E-state index contributed by atoms with van der Waals surface area (Å²) < 4.78 is 0. The van der Waals surface area contributed by atoms with Gasteiger partial charge in [0.15, 0.2) is 4.83 Å². The first-order valence-corrected chi connectivity index (χ1v) is 3.27. The molecule has 2 rings (SSSR count). The van der Waals surface area contributed by atoms with Crippen LogP contribution >= 0.6 is 11.3 Å². The van der Waals surface area contributed by atoms with Crippen LogP contribution < -0.4 is 0 Å². The Kier molecular flexibility index (Phi) is 0.927. The Hall–Kier alpha value is -1.03. The van der Waals surface area contributed by atoms with E-state index in [-0.39, 0.29) is 0 Å². The second-order valence-electron chi connectivity index (χ2n) is 1.50. The summed E-state index contributed by atoms with van der Waals surface area (Å²) >= 11 is 1.47. The molecule has 43 valence electrons. The molecule has 2 aromatic heterocycles. The number of aromatic nitrogens is 3. The van der Waals surface area contributed by atoms with E-state index >= 15 is 0 Å². The van der Waals surface area contributed by atoms with Gasteiger partial charge < -0.3 is 0 Å². The van der Waals surface area contributed by atoms with Crippen molar-refractivity contribution in [3.8, 4) is 0 Å². The summed E-state index contributed by atoms with van der Waals surface area (Å²) in [7, 11) is 0. The van der Waals surface area contributed by atoms with Gasteiger partial charge in [-0.1, -0.05) is 0 Å². The summed E-state index contributed by atoms with van der Waals surface area (Å²) in [5.41, 5.74) is 2.53. The Morgan fingerprint density at radius 3 is 3.44 bits per heavy atom. The number of hydrogen-bond donors (Lipinski definition) is 0. The predicted octanol–water partition coefficient (Wildman–Crippen LogP) is 0.886. The molecule has 0 aromatic carbocycles. The van der Waals surface area contributed by atoms with E-state index in [2.05, 4.69) is 21.2 Å². The maximum absolute atomic E-state index is 3.98. The average Bonchev–Trinajstić information content (AvgIpc) is 2.33. The zero-order valence-electron chi connectivity index (χ0n) is 4.40. The Bertz CT molecular complexity index is 286. The van der Waals surface area contributed by atoms with Crippen LogP contribution in [-0.2, 0) is 0 Å². The predicted molar refractivity (Wildman–Crippen MR) is 34.0 cm³/mol. The van der Waals surface area contributed by atoms with Gasteiger partial charge in [-0.15, -0.1) is 16.4 Å². The summed E-state index contributed by atoms with van der Waals surface area (Å²) in [6.07, 6.45) is 1.52. The lowest BCUT2D eigenvalue weighted by Crippen LogP contribution is -1.76. The van der Waals surface area contributed by atoms with Crippen LogP contribution in [0.15, 0.2) is 11.7 Å². The highest BCUT2D eigenvalue weighted by molar-refractivity contribution is 7.16. The fourth-order valence-electron chi connectivity index (χ4n) is 0.581. The van der Waals surface area contributed by atoms with Crippen molar-refractivity contribution in [2.24, 2.45) is 0 Å². The van der Waals surface area contributed by atoms with Gasteiger partial charge in [-0.25, -0.2) is 4.98 Å². The largest absolute Gasteiger partial charge is 0.242 e. The van der Waals surface area contributed by atoms with E-state index in [0.717, 1.165) is 10.3 Å². The van der Waals surface area contributed by atoms with E-state index in [1.807, 2.05) is 0 Å². The minimum absolute atomic E-state index is 0.801. The molecule has 0 saturated heterocycles. The van der Waals surface area contributed by atoms with Crippen molar-refractivity contribution in [1.82, 2.24) is 15.2 Å². The number of nitrogens with zero attached hydrogens (tertiary/aromatic N) is 3. The normalized spacial score (nSPS) is 10.2. The van der Waals surface area contributed by atoms with Crippen molar-refractivity contribution in [3.63, 3.8) is 0 Å². The monoisotopic (exact) mass is 136 g/mol. The topological polar surface area (TPSA) is 38.7 Å². The van der Waals surface area contributed by atoms with Crippen molar-refractivity contribution in [2.75, 3.05) is 0 Å². The molecular weight excluding hydrogens is 134 g/mol. The molecule has 0 bridgehead atoms. The summed E-state index contributed by atoms with van der Waals surface area (Å²) in [5, 5.41) is 7.47. The molecule has 1 radical (unpaired) electrons. The van der Waals surface area contributed by atoms with Crippen molar-refractivity contribution in [3.05, 3.63) is 17.8 Å². The van der Waals surface area contributed by atoms with Gasteiger partial charge in [0.1, 0.15) is 5.52 Å². The number of fused-ring (bicyclic) bond motifs is 1. The number of rotatable bonds is 0. The molecule has 2 aromatic rings. The zero-order valence-corrected chi connectivity index (χ0v) is 5.22. The summed E-state index contributed by atoms with van der Waals surface area (Å²) in [6.45, 7) is 0. The highest BCUT2D eigenvalue weighted by Gasteiger charge is 1.93. The van der Waals surface area contributed by atoms with E-state index in [9.17, 15) is 0 Å². The summed E-state index contributed by atoms with van der Waals surface area (Å²) in [6, 6.07) is 2.86. The summed E-state index contributed by atoms with van der Waals surface area (Å²) in [5.74, 6) is 0. The maximum atomic E-state index is 3.98. The molecule has 3 nitrogen and oxygen atoms in total. The first kappa shape index (κ1) is 4.81. The molecular formula is C5H2N3S.